The Bertz CT molecular complexity index is 215. The molecule has 13 heavy (non-hydrogen) atoms. The van der Waals surface area contributed by atoms with E-state index in [1.54, 1.807) is 0 Å². The fourth-order valence-electron chi connectivity index (χ4n) is 2.07. The molecule has 1 aliphatic heterocycles. The van der Waals surface area contributed by atoms with E-state index in [0.717, 1.165) is 25.6 Å². The molecule has 1 N–H and O–H groups in total. The molecule has 72 valence electrons. The summed E-state index contributed by atoms with van der Waals surface area (Å²) in [6, 6.07) is 1.02. The van der Waals surface area contributed by atoms with Gasteiger partial charge in [-0.15, -0.1) is 6.42 Å². The van der Waals surface area contributed by atoms with Crippen molar-refractivity contribution in [2.75, 3.05) is 19.6 Å². The Kier molecular flexibility index (Phi) is 2.57. The second-order valence-corrected chi connectivity index (χ2v) is 4.24. The van der Waals surface area contributed by atoms with Crippen molar-refractivity contribution >= 4 is 0 Å². The van der Waals surface area contributed by atoms with Gasteiger partial charge in [-0.1, -0.05) is 5.92 Å². The van der Waals surface area contributed by atoms with Gasteiger partial charge in [0.15, 0.2) is 0 Å². The third-order valence-electron chi connectivity index (χ3n) is 3.22. The summed E-state index contributed by atoms with van der Waals surface area (Å²) in [6.07, 6.45) is 8.25. The molecule has 2 aliphatic rings. The average molecular weight is 178 g/mol. The van der Waals surface area contributed by atoms with E-state index < -0.39 is 0 Å². The number of nitrogens with zero attached hydrogens (tertiary/aromatic N) is 1. The number of terminal acetylenes is 1. The molecule has 2 fully saturated rings. The van der Waals surface area contributed by atoms with Crippen LogP contribution in [0.15, 0.2) is 0 Å². The van der Waals surface area contributed by atoms with Crippen molar-refractivity contribution in [2.45, 2.75) is 31.8 Å². The van der Waals surface area contributed by atoms with Gasteiger partial charge in [-0.05, 0) is 25.7 Å². The standard InChI is InChI=1S/C11H18N2/c1-3-9(2)13-7-6-12-11(8-13)10-4-5-10/h1,9-12H,4-8H2,2H3. The second-order valence-electron chi connectivity index (χ2n) is 4.24. The summed E-state index contributed by atoms with van der Waals surface area (Å²) in [4.78, 5) is 2.42. The van der Waals surface area contributed by atoms with Gasteiger partial charge in [0, 0.05) is 25.7 Å². The highest BCUT2D eigenvalue weighted by Gasteiger charge is 2.34. The molecule has 0 aromatic carbocycles. The van der Waals surface area contributed by atoms with Crippen molar-refractivity contribution in [1.82, 2.24) is 10.2 Å². The molecule has 1 saturated heterocycles. The van der Waals surface area contributed by atoms with E-state index in [4.69, 9.17) is 6.42 Å². The Labute approximate surface area is 80.7 Å². The van der Waals surface area contributed by atoms with Crippen LogP contribution < -0.4 is 5.32 Å². The first-order valence-corrected chi connectivity index (χ1v) is 5.25. The Morgan fingerprint density at radius 2 is 2.31 bits per heavy atom. The van der Waals surface area contributed by atoms with E-state index in [-0.39, 0.29) is 0 Å². The number of rotatable bonds is 2. The van der Waals surface area contributed by atoms with Gasteiger partial charge in [0.05, 0.1) is 6.04 Å². The minimum atomic E-state index is 0.309. The average Bonchev–Trinajstić information content (AvgIpc) is 3.00. The number of nitrogens with one attached hydrogen (secondary N) is 1. The van der Waals surface area contributed by atoms with Crippen LogP contribution in [0.2, 0.25) is 0 Å². The summed E-state index contributed by atoms with van der Waals surface area (Å²) in [5.74, 6) is 3.75. The minimum Gasteiger partial charge on any atom is -0.311 e. The maximum absolute atomic E-state index is 5.43. The van der Waals surface area contributed by atoms with Crippen LogP contribution in [-0.2, 0) is 0 Å². The molecule has 0 spiro atoms. The third-order valence-corrected chi connectivity index (χ3v) is 3.22. The highest BCUT2D eigenvalue weighted by molar-refractivity contribution is 5.01. The van der Waals surface area contributed by atoms with Crippen molar-refractivity contribution in [1.29, 1.82) is 0 Å². The molecule has 0 radical (unpaired) electrons. The first-order chi connectivity index (χ1) is 6.31. The molecule has 2 nitrogen and oxygen atoms in total. The summed E-state index contributed by atoms with van der Waals surface area (Å²) in [6.45, 7) is 5.48. The second kappa shape index (κ2) is 3.69. The molecule has 1 saturated carbocycles. The van der Waals surface area contributed by atoms with Gasteiger partial charge < -0.3 is 5.32 Å². The van der Waals surface area contributed by atoms with E-state index in [2.05, 4.69) is 23.1 Å². The van der Waals surface area contributed by atoms with Crippen molar-refractivity contribution in [2.24, 2.45) is 5.92 Å². The van der Waals surface area contributed by atoms with Gasteiger partial charge in [-0.3, -0.25) is 4.90 Å². The van der Waals surface area contributed by atoms with E-state index in [0.29, 0.717) is 12.1 Å². The van der Waals surface area contributed by atoms with Gasteiger partial charge in [0.2, 0.25) is 0 Å². The molecule has 0 amide bonds. The van der Waals surface area contributed by atoms with Crippen LogP contribution in [0.5, 0.6) is 0 Å². The highest BCUT2D eigenvalue weighted by atomic mass is 15.2. The molecule has 2 rings (SSSR count). The van der Waals surface area contributed by atoms with Crippen molar-refractivity contribution in [3.63, 3.8) is 0 Å². The molecule has 1 heterocycles. The topological polar surface area (TPSA) is 15.3 Å². The number of hydrogen-bond donors (Lipinski definition) is 1. The monoisotopic (exact) mass is 178 g/mol. The van der Waals surface area contributed by atoms with Gasteiger partial charge in [-0.25, -0.2) is 0 Å². The Morgan fingerprint density at radius 1 is 1.54 bits per heavy atom. The summed E-state index contributed by atoms with van der Waals surface area (Å²) in [5, 5.41) is 3.58. The third kappa shape index (κ3) is 2.04. The molecule has 0 bridgehead atoms. The van der Waals surface area contributed by atoms with Crippen LogP contribution in [0, 0.1) is 18.3 Å². The lowest BCUT2D eigenvalue weighted by Gasteiger charge is -2.35. The summed E-state index contributed by atoms with van der Waals surface area (Å²) >= 11 is 0. The fourth-order valence-corrected chi connectivity index (χ4v) is 2.07. The number of piperazine rings is 1. The van der Waals surface area contributed by atoms with Crippen LogP contribution >= 0.6 is 0 Å². The fraction of sp³-hybridized carbons (Fsp3) is 0.818. The van der Waals surface area contributed by atoms with Crippen LogP contribution in [-0.4, -0.2) is 36.6 Å². The van der Waals surface area contributed by atoms with Crippen molar-refractivity contribution < 1.29 is 0 Å². The van der Waals surface area contributed by atoms with Gasteiger partial charge >= 0.3 is 0 Å². The summed E-state index contributed by atoms with van der Waals surface area (Å²) in [5.41, 5.74) is 0. The van der Waals surface area contributed by atoms with E-state index in [9.17, 15) is 0 Å². The minimum absolute atomic E-state index is 0.309. The van der Waals surface area contributed by atoms with E-state index >= 15 is 0 Å². The zero-order chi connectivity index (χ0) is 9.26. The summed E-state index contributed by atoms with van der Waals surface area (Å²) in [7, 11) is 0. The van der Waals surface area contributed by atoms with Crippen molar-refractivity contribution in [3.05, 3.63) is 0 Å². The van der Waals surface area contributed by atoms with E-state index in [1.165, 1.54) is 12.8 Å². The number of hydrogen-bond acceptors (Lipinski definition) is 2. The SMILES string of the molecule is C#CC(C)N1CCNC(C2CC2)C1. The largest absolute Gasteiger partial charge is 0.311 e. The molecule has 0 aromatic heterocycles. The van der Waals surface area contributed by atoms with Crippen LogP contribution in [0.25, 0.3) is 0 Å². The molecule has 1 aliphatic carbocycles. The van der Waals surface area contributed by atoms with Gasteiger partial charge in [-0.2, -0.15) is 0 Å². The lowest BCUT2D eigenvalue weighted by molar-refractivity contribution is 0.170. The molecule has 2 atom stereocenters. The Morgan fingerprint density at radius 3 is 2.92 bits per heavy atom. The predicted octanol–water partition coefficient (Wildman–Crippen LogP) is 0.692. The van der Waals surface area contributed by atoms with E-state index in [1.807, 2.05) is 0 Å². The lowest BCUT2D eigenvalue weighted by Crippen LogP contribution is -2.53. The molecule has 2 heteroatoms. The van der Waals surface area contributed by atoms with Crippen LogP contribution in [0.1, 0.15) is 19.8 Å². The molecular formula is C11H18N2. The predicted molar refractivity (Wildman–Crippen MR) is 54.4 cm³/mol. The maximum Gasteiger partial charge on any atom is 0.0684 e. The first kappa shape index (κ1) is 9.05. The summed E-state index contributed by atoms with van der Waals surface area (Å²) < 4.78 is 0. The highest BCUT2D eigenvalue weighted by Crippen LogP contribution is 2.33. The zero-order valence-electron chi connectivity index (χ0n) is 8.29. The maximum atomic E-state index is 5.43. The normalized spacial score (nSPS) is 32.5. The molecule has 2 unspecified atom stereocenters. The van der Waals surface area contributed by atoms with Gasteiger partial charge in [0.1, 0.15) is 0 Å². The quantitative estimate of drug-likeness (QED) is 0.626. The van der Waals surface area contributed by atoms with Crippen molar-refractivity contribution in [3.8, 4) is 12.3 Å². The van der Waals surface area contributed by atoms with Gasteiger partial charge in [0.25, 0.3) is 0 Å². The first-order valence-electron chi connectivity index (χ1n) is 5.25. The molecule has 0 aromatic rings. The van der Waals surface area contributed by atoms with Crippen LogP contribution in [0.3, 0.4) is 0 Å². The Hall–Kier alpha value is -0.520. The lowest BCUT2D eigenvalue weighted by atomic mass is 10.1. The molecular weight excluding hydrogens is 160 g/mol. The Balaban J connectivity index is 1.88. The zero-order valence-corrected chi connectivity index (χ0v) is 8.29. The van der Waals surface area contributed by atoms with Crippen LogP contribution in [0.4, 0.5) is 0 Å². The smallest absolute Gasteiger partial charge is 0.0684 e.